The molecule has 3 nitrogen and oxygen atoms in total. The fourth-order valence-corrected chi connectivity index (χ4v) is 1.76. The fraction of sp³-hybridized carbons (Fsp3) is 0.462. The van der Waals surface area contributed by atoms with Crippen LogP contribution in [0.1, 0.15) is 36.0 Å². The predicted molar refractivity (Wildman–Crippen MR) is 69.6 cm³/mol. The molecule has 0 spiro atoms. The molecule has 18 heavy (non-hydrogen) atoms. The average Bonchev–Trinajstić information content (AvgIpc) is 2.33. The van der Waals surface area contributed by atoms with Crippen LogP contribution in [0.3, 0.4) is 0 Å². The SMILES string of the molecule is O=C(NCCCCCCCl)c1ccc(F)cc1O. The van der Waals surface area contributed by atoms with Gasteiger partial charge in [0.05, 0.1) is 5.56 Å². The molecular weight excluding hydrogens is 257 g/mol. The van der Waals surface area contributed by atoms with Gasteiger partial charge < -0.3 is 10.4 Å². The first kappa shape index (κ1) is 14.8. The third-order valence-corrected chi connectivity index (χ3v) is 2.82. The highest BCUT2D eigenvalue weighted by Gasteiger charge is 2.10. The highest BCUT2D eigenvalue weighted by atomic mass is 35.5. The molecule has 0 atom stereocenters. The maximum atomic E-state index is 12.7. The van der Waals surface area contributed by atoms with Gasteiger partial charge in [-0.15, -0.1) is 11.6 Å². The Morgan fingerprint density at radius 2 is 2.00 bits per heavy atom. The van der Waals surface area contributed by atoms with Crippen molar-refractivity contribution in [3.63, 3.8) is 0 Å². The van der Waals surface area contributed by atoms with Gasteiger partial charge in [-0.1, -0.05) is 12.8 Å². The van der Waals surface area contributed by atoms with Crippen molar-refractivity contribution in [1.82, 2.24) is 5.32 Å². The number of carbonyl (C=O) groups excluding carboxylic acids is 1. The summed E-state index contributed by atoms with van der Waals surface area (Å²) in [7, 11) is 0. The van der Waals surface area contributed by atoms with Gasteiger partial charge in [-0.2, -0.15) is 0 Å². The Labute approximate surface area is 111 Å². The van der Waals surface area contributed by atoms with E-state index >= 15 is 0 Å². The van der Waals surface area contributed by atoms with Crippen LogP contribution in [-0.2, 0) is 0 Å². The summed E-state index contributed by atoms with van der Waals surface area (Å²) < 4.78 is 12.7. The minimum Gasteiger partial charge on any atom is -0.507 e. The first-order valence-corrected chi connectivity index (χ1v) is 6.51. The van der Waals surface area contributed by atoms with E-state index in [2.05, 4.69) is 5.32 Å². The number of benzene rings is 1. The van der Waals surface area contributed by atoms with Crippen molar-refractivity contribution in [2.75, 3.05) is 12.4 Å². The molecule has 1 rings (SSSR count). The van der Waals surface area contributed by atoms with Crippen LogP contribution >= 0.6 is 11.6 Å². The zero-order valence-corrected chi connectivity index (χ0v) is 10.8. The Morgan fingerprint density at radius 1 is 1.28 bits per heavy atom. The molecule has 0 saturated carbocycles. The molecule has 0 aliphatic carbocycles. The number of halogens is 2. The van der Waals surface area contributed by atoms with Crippen LogP contribution in [0, 0.1) is 5.82 Å². The van der Waals surface area contributed by atoms with Crippen molar-refractivity contribution in [3.05, 3.63) is 29.6 Å². The molecule has 0 aromatic heterocycles. The highest BCUT2D eigenvalue weighted by Crippen LogP contribution is 2.17. The molecule has 0 fully saturated rings. The standard InChI is InChI=1S/C13H17ClFNO2/c14-7-3-1-2-4-8-16-13(18)11-6-5-10(15)9-12(11)17/h5-6,9,17H,1-4,7-8H2,(H,16,18). The molecular formula is C13H17ClFNO2. The van der Waals surface area contributed by atoms with E-state index in [1.54, 1.807) is 0 Å². The maximum Gasteiger partial charge on any atom is 0.255 e. The lowest BCUT2D eigenvalue weighted by atomic mass is 10.1. The number of hydrogen-bond acceptors (Lipinski definition) is 2. The van der Waals surface area contributed by atoms with E-state index in [0.29, 0.717) is 12.4 Å². The second-order valence-electron chi connectivity index (χ2n) is 4.02. The van der Waals surface area contributed by atoms with E-state index in [0.717, 1.165) is 37.8 Å². The van der Waals surface area contributed by atoms with Crippen LogP contribution in [0.5, 0.6) is 5.75 Å². The average molecular weight is 274 g/mol. The van der Waals surface area contributed by atoms with Gasteiger partial charge in [-0.3, -0.25) is 4.79 Å². The van der Waals surface area contributed by atoms with E-state index in [4.69, 9.17) is 11.6 Å². The fourth-order valence-electron chi connectivity index (χ4n) is 1.57. The normalized spacial score (nSPS) is 10.3. The number of hydrogen-bond donors (Lipinski definition) is 2. The molecule has 2 N–H and O–H groups in total. The van der Waals surface area contributed by atoms with E-state index in [9.17, 15) is 14.3 Å². The summed E-state index contributed by atoms with van der Waals surface area (Å²) in [5.41, 5.74) is 0.0946. The van der Waals surface area contributed by atoms with Gasteiger partial charge in [-0.05, 0) is 25.0 Å². The Balaban J connectivity index is 2.32. The molecule has 0 heterocycles. The molecule has 1 aromatic carbocycles. The van der Waals surface area contributed by atoms with Crippen LogP contribution in [0.2, 0.25) is 0 Å². The van der Waals surface area contributed by atoms with Crippen molar-refractivity contribution in [3.8, 4) is 5.75 Å². The van der Waals surface area contributed by atoms with Gasteiger partial charge in [0.25, 0.3) is 5.91 Å². The number of carbonyl (C=O) groups is 1. The molecule has 0 radical (unpaired) electrons. The van der Waals surface area contributed by atoms with E-state index in [-0.39, 0.29) is 17.2 Å². The molecule has 0 aliphatic rings. The van der Waals surface area contributed by atoms with Crippen molar-refractivity contribution >= 4 is 17.5 Å². The first-order valence-electron chi connectivity index (χ1n) is 5.98. The molecule has 1 amide bonds. The van der Waals surface area contributed by atoms with Gasteiger partial charge in [0.15, 0.2) is 0 Å². The Hall–Kier alpha value is -1.29. The monoisotopic (exact) mass is 273 g/mol. The summed E-state index contributed by atoms with van der Waals surface area (Å²) in [5.74, 6) is -0.625. The molecule has 0 saturated heterocycles. The molecule has 0 unspecified atom stereocenters. The summed E-state index contributed by atoms with van der Waals surface area (Å²) in [4.78, 5) is 11.7. The van der Waals surface area contributed by atoms with Crippen LogP contribution in [-0.4, -0.2) is 23.4 Å². The Kier molecular flexibility index (Phi) is 6.50. The van der Waals surface area contributed by atoms with E-state index in [1.807, 2.05) is 0 Å². The van der Waals surface area contributed by atoms with Gasteiger partial charge in [0.2, 0.25) is 0 Å². The highest BCUT2D eigenvalue weighted by molar-refractivity contribution is 6.17. The second-order valence-corrected chi connectivity index (χ2v) is 4.40. The van der Waals surface area contributed by atoms with E-state index in [1.165, 1.54) is 6.07 Å². The van der Waals surface area contributed by atoms with Gasteiger partial charge in [0.1, 0.15) is 11.6 Å². The topological polar surface area (TPSA) is 49.3 Å². The third kappa shape index (κ3) is 4.92. The number of aromatic hydroxyl groups is 1. The van der Waals surface area contributed by atoms with Gasteiger partial charge >= 0.3 is 0 Å². The minimum atomic E-state index is -0.565. The molecule has 1 aromatic rings. The number of amides is 1. The summed E-state index contributed by atoms with van der Waals surface area (Å²) in [5, 5.41) is 12.1. The summed E-state index contributed by atoms with van der Waals surface area (Å²) >= 11 is 5.55. The predicted octanol–water partition coefficient (Wildman–Crippen LogP) is 3.06. The summed E-state index contributed by atoms with van der Waals surface area (Å²) in [6.45, 7) is 0.540. The largest absolute Gasteiger partial charge is 0.507 e. The lowest BCUT2D eigenvalue weighted by Gasteiger charge is -2.06. The third-order valence-electron chi connectivity index (χ3n) is 2.55. The number of rotatable bonds is 7. The summed E-state index contributed by atoms with van der Waals surface area (Å²) in [6, 6.07) is 3.35. The maximum absolute atomic E-state index is 12.7. The minimum absolute atomic E-state index is 0.0946. The Morgan fingerprint density at radius 3 is 2.67 bits per heavy atom. The van der Waals surface area contributed by atoms with Gasteiger partial charge in [0, 0.05) is 18.5 Å². The van der Waals surface area contributed by atoms with Crippen LogP contribution in [0.15, 0.2) is 18.2 Å². The number of unbranched alkanes of at least 4 members (excludes halogenated alkanes) is 3. The number of phenols is 1. The van der Waals surface area contributed by atoms with Crippen LogP contribution in [0.25, 0.3) is 0 Å². The van der Waals surface area contributed by atoms with Crippen LogP contribution in [0.4, 0.5) is 4.39 Å². The zero-order chi connectivity index (χ0) is 13.4. The lowest BCUT2D eigenvalue weighted by Crippen LogP contribution is -2.24. The Bertz CT molecular complexity index is 399. The number of phenolic OH excluding ortho intramolecular Hbond substituents is 1. The summed E-state index contributed by atoms with van der Waals surface area (Å²) in [6.07, 6.45) is 3.89. The molecule has 5 heteroatoms. The van der Waals surface area contributed by atoms with Gasteiger partial charge in [-0.25, -0.2) is 4.39 Å². The quantitative estimate of drug-likeness (QED) is 0.592. The molecule has 0 bridgehead atoms. The molecule has 100 valence electrons. The van der Waals surface area contributed by atoms with Crippen molar-refractivity contribution in [2.24, 2.45) is 0 Å². The van der Waals surface area contributed by atoms with Crippen molar-refractivity contribution < 1.29 is 14.3 Å². The van der Waals surface area contributed by atoms with Crippen molar-refractivity contribution in [1.29, 1.82) is 0 Å². The zero-order valence-electron chi connectivity index (χ0n) is 10.1. The molecule has 0 aliphatic heterocycles. The number of alkyl halides is 1. The second kappa shape index (κ2) is 7.93. The smallest absolute Gasteiger partial charge is 0.255 e. The van der Waals surface area contributed by atoms with E-state index < -0.39 is 5.82 Å². The lowest BCUT2D eigenvalue weighted by molar-refractivity contribution is 0.0950. The first-order chi connectivity index (χ1) is 8.65. The van der Waals surface area contributed by atoms with Crippen molar-refractivity contribution in [2.45, 2.75) is 25.7 Å². The van der Waals surface area contributed by atoms with Crippen LogP contribution < -0.4 is 5.32 Å². The number of nitrogens with one attached hydrogen (secondary N) is 1.